The van der Waals surface area contributed by atoms with Gasteiger partial charge in [-0.1, -0.05) is 23.8 Å². The molecule has 0 bridgehead atoms. The van der Waals surface area contributed by atoms with E-state index in [2.05, 4.69) is 10.6 Å². The van der Waals surface area contributed by atoms with Crippen LogP contribution >= 0.6 is 0 Å². The molecule has 0 atom stereocenters. The lowest BCUT2D eigenvalue weighted by Gasteiger charge is -2.12. The molecule has 2 aromatic rings. The minimum absolute atomic E-state index is 0.0744. The topological polar surface area (TPSA) is 97.0 Å². The van der Waals surface area contributed by atoms with E-state index in [0.29, 0.717) is 22.7 Å². The van der Waals surface area contributed by atoms with Gasteiger partial charge in [0.1, 0.15) is 12.2 Å². The van der Waals surface area contributed by atoms with Crippen LogP contribution in [0.4, 0.5) is 10.5 Å². The molecule has 0 saturated carbocycles. The van der Waals surface area contributed by atoms with Crippen LogP contribution in [-0.4, -0.2) is 43.5 Å². The molecule has 1 aliphatic heterocycles. The Morgan fingerprint density at radius 1 is 1.07 bits per heavy atom. The number of methoxy groups -OCH3 is 2. The minimum Gasteiger partial charge on any atom is -0.493 e. The van der Waals surface area contributed by atoms with Crippen molar-refractivity contribution in [3.63, 3.8) is 0 Å². The molecule has 2 aromatic carbocycles. The summed E-state index contributed by atoms with van der Waals surface area (Å²) in [5, 5.41) is 5.16. The first-order valence-electron chi connectivity index (χ1n) is 8.84. The molecule has 1 fully saturated rings. The highest BCUT2D eigenvalue weighted by molar-refractivity contribution is 6.15. The SMILES string of the molecule is COc1ccc(/C=C2/NC(=O)N(CC(=O)Nc3ccc(C)cc3)C2=O)cc1OC. The summed E-state index contributed by atoms with van der Waals surface area (Å²) >= 11 is 0. The van der Waals surface area contributed by atoms with Gasteiger partial charge >= 0.3 is 6.03 Å². The Labute approximate surface area is 168 Å². The fourth-order valence-corrected chi connectivity index (χ4v) is 2.81. The summed E-state index contributed by atoms with van der Waals surface area (Å²) in [7, 11) is 3.03. The average Bonchev–Trinajstić information content (AvgIpc) is 2.97. The second kappa shape index (κ2) is 8.47. The van der Waals surface area contributed by atoms with Crippen LogP contribution in [0.25, 0.3) is 6.08 Å². The highest BCUT2D eigenvalue weighted by Crippen LogP contribution is 2.28. The maximum atomic E-state index is 12.6. The van der Waals surface area contributed by atoms with E-state index in [1.165, 1.54) is 20.3 Å². The first kappa shape index (κ1) is 19.9. The fraction of sp³-hybridized carbons (Fsp3) is 0.190. The molecule has 0 unspecified atom stereocenters. The van der Waals surface area contributed by atoms with Crippen molar-refractivity contribution in [2.75, 3.05) is 26.1 Å². The number of nitrogens with one attached hydrogen (secondary N) is 2. The Morgan fingerprint density at radius 3 is 2.41 bits per heavy atom. The number of hydrogen-bond acceptors (Lipinski definition) is 5. The minimum atomic E-state index is -0.652. The number of nitrogens with zero attached hydrogens (tertiary/aromatic N) is 1. The number of benzene rings is 2. The molecule has 8 nitrogen and oxygen atoms in total. The highest BCUT2D eigenvalue weighted by Gasteiger charge is 2.34. The van der Waals surface area contributed by atoms with E-state index in [-0.39, 0.29) is 12.2 Å². The number of carbonyl (C=O) groups is 3. The number of aryl methyl sites for hydroxylation is 1. The van der Waals surface area contributed by atoms with Gasteiger partial charge in [0.25, 0.3) is 5.91 Å². The summed E-state index contributed by atoms with van der Waals surface area (Å²) < 4.78 is 10.4. The third-order valence-corrected chi connectivity index (χ3v) is 4.32. The maximum Gasteiger partial charge on any atom is 0.329 e. The average molecular weight is 395 g/mol. The third-order valence-electron chi connectivity index (χ3n) is 4.32. The van der Waals surface area contributed by atoms with E-state index in [4.69, 9.17) is 9.47 Å². The van der Waals surface area contributed by atoms with Crippen molar-refractivity contribution in [1.82, 2.24) is 10.2 Å². The van der Waals surface area contributed by atoms with E-state index in [9.17, 15) is 14.4 Å². The lowest BCUT2D eigenvalue weighted by atomic mass is 10.1. The summed E-state index contributed by atoms with van der Waals surface area (Å²) in [6.07, 6.45) is 1.51. The predicted octanol–water partition coefficient (Wildman–Crippen LogP) is 2.54. The monoisotopic (exact) mass is 395 g/mol. The Hall–Kier alpha value is -3.81. The Kier molecular flexibility index (Phi) is 5.82. The lowest BCUT2D eigenvalue weighted by molar-refractivity contribution is -0.127. The molecular weight excluding hydrogens is 374 g/mol. The van der Waals surface area contributed by atoms with Crippen LogP contribution in [-0.2, 0) is 9.59 Å². The van der Waals surface area contributed by atoms with Gasteiger partial charge in [0.05, 0.1) is 14.2 Å². The van der Waals surface area contributed by atoms with Crippen molar-refractivity contribution in [3.8, 4) is 11.5 Å². The molecule has 1 aliphatic rings. The summed E-state index contributed by atoms with van der Waals surface area (Å²) in [6.45, 7) is 1.55. The number of amides is 4. The van der Waals surface area contributed by atoms with Crippen molar-refractivity contribution in [2.24, 2.45) is 0 Å². The van der Waals surface area contributed by atoms with Crippen LogP contribution in [0, 0.1) is 6.92 Å². The summed E-state index contributed by atoms with van der Waals surface area (Å²) in [4.78, 5) is 37.8. The summed E-state index contributed by atoms with van der Waals surface area (Å²) in [5.74, 6) is -0.00708. The number of urea groups is 1. The number of hydrogen-bond donors (Lipinski definition) is 2. The van der Waals surface area contributed by atoms with Gasteiger partial charge in [0.2, 0.25) is 5.91 Å². The van der Waals surface area contributed by atoms with E-state index in [1.807, 2.05) is 19.1 Å². The zero-order valence-corrected chi connectivity index (χ0v) is 16.3. The van der Waals surface area contributed by atoms with E-state index >= 15 is 0 Å². The largest absolute Gasteiger partial charge is 0.493 e. The highest BCUT2D eigenvalue weighted by atomic mass is 16.5. The summed E-state index contributed by atoms with van der Waals surface area (Å²) in [5.41, 5.74) is 2.36. The lowest BCUT2D eigenvalue weighted by Crippen LogP contribution is -2.38. The van der Waals surface area contributed by atoms with Crippen molar-refractivity contribution in [1.29, 1.82) is 0 Å². The van der Waals surface area contributed by atoms with Crippen molar-refractivity contribution in [3.05, 3.63) is 59.3 Å². The zero-order chi connectivity index (χ0) is 21.0. The molecule has 4 amide bonds. The normalized spacial score (nSPS) is 14.7. The van der Waals surface area contributed by atoms with Crippen LogP contribution in [0.3, 0.4) is 0 Å². The number of carbonyl (C=O) groups excluding carboxylic acids is 3. The molecule has 1 saturated heterocycles. The van der Waals surface area contributed by atoms with Crippen LogP contribution in [0.15, 0.2) is 48.2 Å². The number of imide groups is 1. The standard InChI is InChI=1S/C21H21N3O5/c1-13-4-7-15(8-5-13)22-19(25)12-24-20(26)16(23-21(24)27)10-14-6-9-17(28-2)18(11-14)29-3/h4-11H,12H2,1-3H3,(H,22,25)(H,23,27)/b16-10+. The molecule has 3 rings (SSSR count). The van der Waals surface area contributed by atoms with Crippen molar-refractivity contribution in [2.45, 2.75) is 6.92 Å². The molecule has 0 radical (unpaired) electrons. The number of ether oxygens (including phenoxy) is 2. The Morgan fingerprint density at radius 2 is 1.76 bits per heavy atom. The molecule has 2 N–H and O–H groups in total. The van der Waals surface area contributed by atoms with Gasteiger partial charge in [-0.2, -0.15) is 0 Å². The first-order chi connectivity index (χ1) is 13.9. The van der Waals surface area contributed by atoms with Gasteiger partial charge in [0.15, 0.2) is 11.5 Å². The third kappa shape index (κ3) is 4.55. The predicted molar refractivity (Wildman–Crippen MR) is 108 cm³/mol. The van der Waals surface area contributed by atoms with E-state index in [0.717, 1.165) is 10.5 Å². The zero-order valence-electron chi connectivity index (χ0n) is 16.3. The molecule has 29 heavy (non-hydrogen) atoms. The van der Waals surface area contributed by atoms with Gasteiger partial charge in [-0.25, -0.2) is 9.69 Å². The molecule has 150 valence electrons. The van der Waals surface area contributed by atoms with Gasteiger partial charge in [-0.3, -0.25) is 9.59 Å². The second-order valence-corrected chi connectivity index (χ2v) is 6.41. The van der Waals surface area contributed by atoms with Gasteiger partial charge in [-0.15, -0.1) is 0 Å². The van der Waals surface area contributed by atoms with Gasteiger partial charge < -0.3 is 20.1 Å². The Bertz CT molecular complexity index is 982. The molecule has 1 heterocycles. The quantitative estimate of drug-likeness (QED) is 0.579. The summed E-state index contributed by atoms with van der Waals surface area (Å²) in [6, 6.07) is 11.7. The fourth-order valence-electron chi connectivity index (χ4n) is 2.81. The number of rotatable bonds is 6. The number of anilines is 1. The molecular formula is C21H21N3O5. The molecule has 0 aromatic heterocycles. The molecule has 0 aliphatic carbocycles. The van der Waals surface area contributed by atoms with Crippen LogP contribution in [0.2, 0.25) is 0 Å². The van der Waals surface area contributed by atoms with Crippen molar-refractivity contribution >= 4 is 29.6 Å². The van der Waals surface area contributed by atoms with E-state index < -0.39 is 17.8 Å². The van der Waals surface area contributed by atoms with Crippen LogP contribution in [0.1, 0.15) is 11.1 Å². The second-order valence-electron chi connectivity index (χ2n) is 6.41. The van der Waals surface area contributed by atoms with Crippen LogP contribution < -0.4 is 20.1 Å². The first-order valence-corrected chi connectivity index (χ1v) is 8.84. The smallest absolute Gasteiger partial charge is 0.329 e. The van der Waals surface area contributed by atoms with Crippen molar-refractivity contribution < 1.29 is 23.9 Å². The maximum absolute atomic E-state index is 12.6. The molecule has 0 spiro atoms. The van der Waals surface area contributed by atoms with Crippen LogP contribution in [0.5, 0.6) is 11.5 Å². The molecule has 8 heteroatoms. The van der Waals surface area contributed by atoms with E-state index in [1.54, 1.807) is 30.3 Å². The van der Waals surface area contributed by atoms with Gasteiger partial charge in [-0.05, 0) is 42.8 Å². The Balaban J connectivity index is 1.71. The van der Waals surface area contributed by atoms with Gasteiger partial charge in [0, 0.05) is 5.69 Å².